The highest BCUT2D eigenvalue weighted by atomic mass is 32.1. The number of pyridine rings is 1. The largest absolute Gasteiger partial charge is 0.389 e. The van der Waals surface area contributed by atoms with Gasteiger partial charge in [0.05, 0.1) is 71.3 Å². The number of rotatable bonds is 4. The molecule has 2 aliphatic heterocycles. The van der Waals surface area contributed by atoms with Crippen molar-refractivity contribution in [1.29, 1.82) is 0 Å². The fourth-order valence-electron chi connectivity index (χ4n) is 9.89. The van der Waals surface area contributed by atoms with E-state index in [1.807, 2.05) is 203 Å². The number of aliphatic imine (C=N–C) groups is 3. The highest BCUT2D eigenvalue weighted by Crippen LogP contribution is 2.14. The van der Waals surface area contributed by atoms with Gasteiger partial charge in [0.1, 0.15) is 48.1 Å². The minimum atomic E-state index is -0.785. The molecule has 1 aromatic carbocycles. The van der Waals surface area contributed by atoms with Gasteiger partial charge in [-0.25, -0.2) is 34.9 Å². The molecule has 0 amide bonds. The van der Waals surface area contributed by atoms with E-state index in [0.29, 0.717) is 48.2 Å². The third-order valence-electron chi connectivity index (χ3n) is 16.6. The van der Waals surface area contributed by atoms with Gasteiger partial charge >= 0.3 is 0 Å². The number of H-pyrrole nitrogens is 1. The van der Waals surface area contributed by atoms with Gasteiger partial charge in [-0.15, -0.1) is 54.4 Å². The molecule has 42 heteroatoms. The van der Waals surface area contributed by atoms with Crippen LogP contribution in [-0.4, -0.2) is 211 Å². The van der Waals surface area contributed by atoms with Crippen molar-refractivity contribution in [3.8, 4) is 0 Å². The van der Waals surface area contributed by atoms with Crippen molar-refractivity contribution in [2.45, 2.75) is 246 Å². The molecule has 0 unspecified atom stereocenters. The van der Waals surface area contributed by atoms with Gasteiger partial charge in [-0.2, -0.15) is 45.1 Å². The molecule has 0 fully saturated rings. The normalized spacial score (nSPS) is 10.8. The van der Waals surface area contributed by atoms with Crippen LogP contribution in [0.1, 0.15) is 190 Å². The average Bonchev–Trinajstić information content (AvgIpc) is 1.37. The van der Waals surface area contributed by atoms with E-state index in [1.165, 1.54) is 60.0 Å². The molecular weight excluding hydrogens is 1780 g/mol. The molecule has 136 heavy (non-hydrogen) atoms. The molecule has 0 saturated heterocycles. The van der Waals surface area contributed by atoms with Crippen LogP contribution in [0.4, 0.5) is 0 Å². The van der Waals surface area contributed by atoms with Crippen LogP contribution in [0.25, 0.3) is 0 Å². The number of tetrazole rings is 2. The van der Waals surface area contributed by atoms with Crippen LogP contribution in [0.5, 0.6) is 0 Å². The van der Waals surface area contributed by atoms with Gasteiger partial charge in [-0.1, -0.05) is 51.3 Å². The molecule has 740 valence electrons. The highest BCUT2D eigenvalue weighted by Gasteiger charge is 2.15. The average molecular weight is 1930 g/mol. The standard InChI is InChI=1S/C9H12.C8H14N2O.C7H11N.C7H9N.C6H12N4O.C6H9N.2C5H8N2.2C5H7NS.3C4H7N3.2C4H6N2O.C4H6N2.C4H5NS.C3H6N4/c1-7-4-8(2)6-9(3)5-7;1-7-4-9-10(5-7)6-8(2,3)11;1-5-4-8-7(3)6(5)2;1-6-4-3-5-7(2)8-6;1-5-7-9-10(8-5)4-6(2,3)11;1-6-4-3-5-7(6)2;1-5-6-3-4-7(5)2;1-5-3-4-7(2)6-5;1-4-3-7-5(2)6-4;1-4-3-6-5(2)7-4;1-4-5-3-7(2)6-4;1-4-5-3-6-7(4)2;3*1-3-5-4(2)7-6-3;1-4-2-5-3-6-4;1-4-5-2-3-6-4;1-3-4-6-7(2)5-3/h4-6H,1-3H3;4-5,11H,6H2,1-3H3;4H2,1-3H3;3-5H,1-2H3;11H,4H2,1-3H3;3-5H,1-2H3;2*3-4H,1-2H3;4*3H,1-2H3;1-2H3,(H,5,6,7);2*1-2H3;3H,2H2,1H3;2-3H,1H3;1-2H3. The summed E-state index contributed by atoms with van der Waals surface area (Å²) in [5.41, 5.74) is 14.5. The summed E-state index contributed by atoms with van der Waals surface area (Å²) < 4.78 is 20.2. The molecule has 0 aliphatic carbocycles. The predicted molar refractivity (Wildman–Crippen MR) is 544 cm³/mol. The highest BCUT2D eigenvalue weighted by molar-refractivity contribution is 7.11. The Labute approximate surface area is 815 Å². The molecule has 39 nitrogen and oxygen atoms in total. The van der Waals surface area contributed by atoms with Gasteiger partial charge in [-0.3, -0.25) is 43.8 Å². The SMILES string of the molecule is CC1=NC=NC1.CC1=NCC(C)=C1C.Cc1cc(C)cc(C)c1.Cc1cccc(C)n1.Cc1cccn1C.Cc1ccn(C)n1.Cc1cnc(C)s1.Cc1cnn(CC(C)(C)O)c1.Cc1csc(C)n1.Cc1n[nH]c(C)n1.Cc1nccn1C.Cc1nccs1.Cc1ncn(C)n1.Cc1ncnn1C.Cc1nnn(C)n1.Cc1nnn(CC(C)(C)O)n1.Cc1noc(C)n1.Cc1noc(C)n1. The second kappa shape index (κ2) is 65.3. The van der Waals surface area contributed by atoms with Crippen LogP contribution in [0.15, 0.2) is 163 Å². The van der Waals surface area contributed by atoms with Crippen LogP contribution in [-0.2, 0) is 55.4 Å². The summed E-state index contributed by atoms with van der Waals surface area (Å²) in [6, 6.07) is 18.7. The van der Waals surface area contributed by atoms with Crippen molar-refractivity contribution in [3.05, 3.63) is 274 Å². The summed E-state index contributed by atoms with van der Waals surface area (Å²) >= 11 is 5.09. The van der Waals surface area contributed by atoms with Gasteiger partial charge < -0.3 is 28.4 Å². The third-order valence-corrected chi connectivity index (χ3v) is 19.0. The first-order valence-electron chi connectivity index (χ1n) is 43.3. The van der Waals surface area contributed by atoms with Crippen molar-refractivity contribution in [2.75, 3.05) is 13.1 Å². The molecule has 15 aromatic heterocycles. The van der Waals surface area contributed by atoms with Crippen molar-refractivity contribution in [3.63, 3.8) is 0 Å². The molecule has 17 heterocycles. The van der Waals surface area contributed by atoms with E-state index < -0.39 is 11.2 Å². The van der Waals surface area contributed by atoms with E-state index in [2.05, 4.69) is 235 Å². The zero-order chi connectivity index (χ0) is 103. The number of nitrogens with zero attached hydrogens (tertiary/aromatic N) is 34. The van der Waals surface area contributed by atoms with Gasteiger partial charge in [0.2, 0.25) is 11.8 Å². The number of allylic oxidation sites excluding steroid dienone is 1. The number of imidazole rings is 1. The van der Waals surface area contributed by atoms with Crippen LogP contribution >= 0.6 is 34.0 Å². The lowest BCUT2D eigenvalue weighted by Gasteiger charge is -2.16. The van der Waals surface area contributed by atoms with E-state index >= 15 is 0 Å². The molecule has 0 radical (unpaired) electrons. The fourth-order valence-corrected chi connectivity index (χ4v) is 11.6. The zero-order valence-corrected chi connectivity index (χ0v) is 89.6. The predicted octanol–water partition coefficient (Wildman–Crippen LogP) is 16.6. The Morgan fingerprint density at radius 2 is 1.08 bits per heavy atom. The monoisotopic (exact) mass is 1930 g/mol. The number of thiazole rings is 3. The Morgan fingerprint density at radius 1 is 0.478 bits per heavy atom. The topological polar surface area (TPSA) is 456 Å². The lowest BCUT2D eigenvalue weighted by molar-refractivity contribution is 0.0525. The Hall–Kier alpha value is -13.3. The lowest BCUT2D eigenvalue weighted by Crippen LogP contribution is -2.27. The van der Waals surface area contributed by atoms with Gasteiger partial charge in [0, 0.05) is 142 Å². The maximum absolute atomic E-state index is 9.42. The summed E-state index contributed by atoms with van der Waals surface area (Å²) in [6.07, 6.45) is 19.9. The molecular formula is C94H147N35O4S3. The summed E-state index contributed by atoms with van der Waals surface area (Å²) in [7, 11) is 11.4. The van der Waals surface area contributed by atoms with Crippen molar-refractivity contribution in [2.24, 2.45) is 57.3 Å². The molecule has 16 aromatic rings. The molecule has 0 atom stereocenters. The van der Waals surface area contributed by atoms with E-state index in [4.69, 9.17) is 0 Å². The van der Waals surface area contributed by atoms with Gasteiger partial charge in [0.25, 0.3) is 0 Å². The van der Waals surface area contributed by atoms with E-state index in [9.17, 15) is 10.2 Å². The first kappa shape index (κ1) is 121. The number of aromatic amines is 1. The first-order chi connectivity index (χ1) is 63.6. The van der Waals surface area contributed by atoms with Gasteiger partial charge in [0.15, 0.2) is 23.3 Å². The Morgan fingerprint density at radius 3 is 1.26 bits per heavy atom. The Bertz CT molecular complexity index is 5110. The Kier molecular flexibility index (Phi) is 58.0. The summed E-state index contributed by atoms with van der Waals surface area (Å²) in [6.45, 7) is 64.5. The van der Waals surface area contributed by atoms with Crippen molar-refractivity contribution in [1.82, 2.24) is 159 Å². The quantitative estimate of drug-likeness (QED) is 0.147. The molecule has 2 aliphatic rings. The number of aryl methyl sites for hydroxylation is 30. The number of benzene rings is 1. The fraction of sp³-hybridized carbons (Fsp3) is 0.468. The molecule has 0 spiro atoms. The van der Waals surface area contributed by atoms with Crippen LogP contribution in [0.2, 0.25) is 0 Å². The summed E-state index contributed by atoms with van der Waals surface area (Å²) in [5, 5.41) is 77.9. The maximum Gasteiger partial charge on any atom is 0.223 e. The number of hydrogen-bond acceptors (Lipinski definition) is 33. The number of aromatic nitrogens is 32. The van der Waals surface area contributed by atoms with Crippen molar-refractivity contribution < 1.29 is 19.3 Å². The number of aliphatic hydroxyl groups is 2. The van der Waals surface area contributed by atoms with Crippen LogP contribution in [0.3, 0.4) is 0 Å². The third kappa shape index (κ3) is 63.0. The number of hydrogen-bond donors (Lipinski definition) is 3. The van der Waals surface area contributed by atoms with Crippen LogP contribution < -0.4 is 0 Å². The molecule has 0 bridgehead atoms. The lowest BCUT2D eigenvalue weighted by atomic mass is 10.1. The van der Waals surface area contributed by atoms with Crippen molar-refractivity contribution >= 4 is 51.8 Å². The summed E-state index contributed by atoms with van der Waals surface area (Å²) in [4.78, 5) is 55.6. The molecule has 3 N–H and O–H groups in total. The molecule has 18 rings (SSSR count). The smallest absolute Gasteiger partial charge is 0.223 e. The maximum atomic E-state index is 9.42. The van der Waals surface area contributed by atoms with E-state index in [-0.39, 0.29) is 0 Å². The van der Waals surface area contributed by atoms with E-state index in [1.54, 1.807) is 160 Å². The van der Waals surface area contributed by atoms with Crippen LogP contribution in [0, 0.1) is 166 Å². The summed E-state index contributed by atoms with van der Waals surface area (Å²) in [5.74, 6) is 8.46. The number of nitrogens with one attached hydrogen (secondary N) is 1. The zero-order valence-electron chi connectivity index (χ0n) is 87.2. The second-order valence-electron chi connectivity index (χ2n) is 32.4. The molecule has 0 saturated carbocycles. The minimum Gasteiger partial charge on any atom is -0.389 e. The second-order valence-corrected chi connectivity index (χ2v) is 36.0. The van der Waals surface area contributed by atoms with E-state index in [0.717, 1.165) is 91.3 Å². The first-order valence-corrected chi connectivity index (χ1v) is 45.9. The minimum absolute atomic E-state index is 0.369. The van der Waals surface area contributed by atoms with Gasteiger partial charge in [-0.05, 0) is 265 Å². The Balaban J connectivity index is 0.000000722.